The second-order valence-electron chi connectivity index (χ2n) is 11.4. The fraction of sp³-hybridized carbons (Fsp3) is 0.452. The van der Waals surface area contributed by atoms with Crippen molar-refractivity contribution >= 4 is 56.1 Å². The van der Waals surface area contributed by atoms with Crippen molar-refractivity contribution in [3.05, 3.63) is 68.2 Å². The predicted molar refractivity (Wildman–Crippen MR) is 162 cm³/mol. The largest absolute Gasteiger partial charge is 0.460 e. The average molecular weight is 651 g/mol. The highest BCUT2D eigenvalue weighted by Gasteiger charge is 2.27. The maximum absolute atomic E-state index is 15.0. The highest BCUT2D eigenvalue weighted by atomic mass is 79.9. The van der Waals surface area contributed by atoms with Crippen LogP contribution in [0.3, 0.4) is 0 Å². The van der Waals surface area contributed by atoms with E-state index in [4.69, 9.17) is 21.3 Å². The number of fused-ring (bicyclic) bond motifs is 1. The standard InChI is InChI=1S/C31H35BrClF2N3O3/c1-18-26(21-16-20(32)9-12-24(21)37-29(18)38-14-6-5-7-15-38)30(40)36-17-19(8-13-25(39)41-31(2,3)4)27-22(33)10-11-23(34)28(27)35/h9-12,16,19H,5-8,13-15,17H2,1-4H3,(H,36,40). The van der Waals surface area contributed by atoms with Crippen LogP contribution in [0.4, 0.5) is 14.6 Å². The van der Waals surface area contributed by atoms with Gasteiger partial charge < -0.3 is 15.0 Å². The van der Waals surface area contributed by atoms with Gasteiger partial charge in [-0.1, -0.05) is 27.5 Å². The van der Waals surface area contributed by atoms with Crippen molar-refractivity contribution in [2.24, 2.45) is 0 Å². The number of amides is 1. The van der Waals surface area contributed by atoms with Gasteiger partial charge in [-0.05, 0) is 83.7 Å². The van der Waals surface area contributed by atoms with Gasteiger partial charge in [0.25, 0.3) is 5.91 Å². The summed E-state index contributed by atoms with van der Waals surface area (Å²) in [5.74, 6) is -3.01. The molecule has 1 aromatic heterocycles. The summed E-state index contributed by atoms with van der Waals surface area (Å²) in [5.41, 5.74) is 1.13. The third-order valence-electron chi connectivity index (χ3n) is 7.16. The third kappa shape index (κ3) is 7.55. The van der Waals surface area contributed by atoms with Crippen molar-refractivity contribution in [2.75, 3.05) is 24.5 Å². The number of rotatable bonds is 8. The van der Waals surface area contributed by atoms with E-state index in [9.17, 15) is 14.0 Å². The summed E-state index contributed by atoms with van der Waals surface area (Å²) in [5, 5.41) is 3.62. The number of benzene rings is 2. The number of anilines is 1. The minimum Gasteiger partial charge on any atom is -0.460 e. The number of nitrogens with one attached hydrogen (secondary N) is 1. The predicted octanol–water partition coefficient (Wildman–Crippen LogP) is 7.86. The van der Waals surface area contributed by atoms with Crippen LogP contribution in [0.1, 0.15) is 80.3 Å². The first-order chi connectivity index (χ1) is 19.4. The van der Waals surface area contributed by atoms with Gasteiger partial charge in [-0.25, -0.2) is 13.8 Å². The van der Waals surface area contributed by atoms with Crippen molar-refractivity contribution in [3.8, 4) is 0 Å². The van der Waals surface area contributed by atoms with E-state index in [0.29, 0.717) is 16.5 Å². The molecular weight excluding hydrogens is 616 g/mol. The highest BCUT2D eigenvalue weighted by Crippen LogP contribution is 2.34. The molecule has 3 aromatic rings. The normalized spacial score (nSPS) is 14.7. The molecule has 6 nitrogen and oxygen atoms in total. The second-order valence-corrected chi connectivity index (χ2v) is 12.8. The Hall–Kier alpha value is -2.78. The van der Waals surface area contributed by atoms with Crippen LogP contribution in [0.15, 0.2) is 34.8 Å². The molecule has 0 aliphatic carbocycles. The quantitative estimate of drug-likeness (QED) is 0.199. The number of hydrogen-bond acceptors (Lipinski definition) is 5. The molecule has 1 aliphatic heterocycles. The van der Waals surface area contributed by atoms with Gasteiger partial charge in [0.2, 0.25) is 0 Å². The van der Waals surface area contributed by atoms with Gasteiger partial charge in [0, 0.05) is 58.0 Å². The Bertz CT molecular complexity index is 1460. The minimum absolute atomic E-state index is 0.0224. The SMILES string of the molecule is Cc1c(N2CCCCC2)nc2ccc(Br)cc2c1C(=O)NCC(CCC(=O)OC(C)(C)C)c1c(Cl)ccc(F)c1F. The van der Waals surface area contributed by atoms with Crippen LogP contribution in [0.5, 0.6) is 0 Å². The number of piperidine rings is 1. The maximum atomic E-state index is 15.0. The lowest BCUT2D eigenvalue weighted by atomic mass is 9.92. The van der Waals surface area contributed by atoms with E-state index in [1.807, 2.05) is 25.1 Å². The molecule has 0 bridgehead atoms. The summed E-state index contributed by atoms with van der Waals surface area (Å²) in [6.07, 6.45) is 3.30. The molecule has 1 atom stereocenters. The summed E-state index contributed by atoms with van der Waals surface area (Å²) in [4.78, 5) is 33.4. The molecule has 41 heavy (non-hydrogen) atoms. The van der Waals surface area contributed by atoms with Crippen LogP contribution in [-0.4, -0.2) is 42.1 Å². The molecule has 220 valence electrons. The monoisotopic (exact) mass is 649 g/mol. The van der Waals surface area contributed by atoms with Crippen LogP contribution >= 0.6 is 27.5 Å². The first-order valence-electron chi connectivity index (χ1n) is 13.8. The first kappa shape index (κ1) is 31.2. The topological polar surface area (TPSA) is 71.5 Å². The zero-order valence-electron chi connectivity index (χ0n) is 23.8. The van der Waals surface area contributed by atoms with E-state index in [0.717, 1.165) is 54.3 Å². The molecule has 4 rings (SSSR count). The van der Waals surface area contributed by atoms with Crippen LogP contribution in [0, 0.1) is 18.6 Å². The van der Waals surface area contributed by atoms with Gasteiger partial charge >= 0.3 is 5.97 Å². The Kier molecular flexibility index (Phi) is 9.90. The summed E-state index contributed by atoms with van der Waals surface area (Å²) in [6, 6.07) is 7.84. The lowest BCUT2D eigenvalue weighted by molar-refractivity contribution is -0.155. The molecule has 1 fully saturated rings. The van der Waals surface area contributed by atoms with Crippen LogP contribution < -0.4 is 10.2 Å². The summed E-state index contributed by atoms with van der Waals surface area (Å²) < 4.78 is 35.5. The molecular formula is C31H35BrClF2N3O3. The summed E-state index contributed by atoms with van der Waals surface area (Å²) in [7, 11) is 0. The maximum Gasteiger partial charge on any atom is 0.306 e. The number of hydrogen-bond donors (Lipinski definition) is 1. The average Bonchev–Trinajstić information content (AvgIpc) is 2.91. The van der Waals surface area contributed by atoms with E-state index >= 15 is 4.39 Å². The fourth-order valence-electron chi connectivity index (χ4n) is 5.28. The number of ether oxygens (including phenoxy) is 1. The van der Waals surface area contributed by atoms with Gasteiger partial charge in [-0.2, -0.15) is 0 Å². The van der Waals surface area contributed by atoms with Gasteiger partial charge in [0.15, 0.2) is 11.6 Å². The van der Waals surface area contributed by atoms with Crippen molar-refractivity contribution in [2.45, 2.75) is 71.3 Å². The van der Waals surface area contributed by atoms with Crippen molar-refractivity contribution < 1.29 is 23.1 Å². The lowest BCUT2D eigenvalue weighted by Gasteiger charge is -2.30. The van der Waals surface area contributed by atoms with E-state index in [1.54, 1.807) is 20.8 Å². The Morgan fingerprint density at radius 2 is 1.85 bits per heavy atom. The smallest absolute Gasteiger partial charge is 0.306 e. The number of carbonyl (C=O) groups excluding carboxylic acids is 2. The van der Waals surface area contributed by atoms with E-state index < -0.39 is 29.1 Å². The zero-order valence-corrected chi connectivity index (χ0v) is 26.1. The van der Waals surface area contributed by atoms with E-state index in [-0.39, 0.29) is 35.9 Å². The fourth-order valence-corrected chi connectivity index (χ4v) is 5.94. The molecule has 2 heterocycles. The minimum atomic E-state index is -1.09. The van der Waals surface area contributed by atoms with Gasteiger partial charge in [-0.3, -0.25) is 9.59 Å². The van der Waals surface area contributed by atoms with Crippen LogP contribution in [-0.2, 0) is 9.53 Å². The Morgan fingerprint density at radius 1 is 1.15 bits per heavy atom. The highest BCUT2D eigenvalue weighted by molar-refractivity contribution is 9.10. The molecule has 1 saturated heterocycles. The molecule has 1 aliphatic rings. The number of halogens is 4. The number of aromatic nitrogens is 1. The zero-order chi connectivity index (χ0) is 29.9. The molecule has 0 spiro atoms. The third-order valence-corrected chi connectivity index (χ3v) is 7.98. The Labute approximate surface area is 252 Å². The number of esters is 1. The summed E-state index contributed by atoms with van der Waals surface area (Å²) >= 11 is 9.82. The number of pyridine rings is 1. The van der Waals surface area contributed by atoms with E-state index in [1.165, 1.54) is 6.07 Å². The first-order valence-corrected chi connectivity index (χ1v) is 15.0. The molecule has 1 amide bonds. The Morgan fingerprint density at radius 3 is 2.54 bits per heavy atom. The lowest BCUT2D eigenvalue weighted by Crippen LogP contribution is -2.33. The molecule has 2 aromatic carbocycles. The molecule has 1 unspecified atom stereocenters. The van der Waals surface area contributed by atoms with Crippen molar-refractivity contribution in [3.63, 3.8) is 0 Å². The molecule has 10 heteroatoms. The molecule has 0 saturated carbocycles. The van der Waals surface area contributed by atoms with Gasteiger partial charge in [0.05, 0.1) is 11.1 Å². The molecule has 0 radical (unpaired) electrons. The van der Waals surface area contributed by atoms with Crippen molar-refractivity contribution in [1.82, 2.24) is 10.3 Å². The number of carbonyl (C=O) groups is 2. The van der Waals surface area contributed by atoms with Crippen LogP contribution in [0.25, 0.3) is 10.9 Å². The summed E-state index contributed by atoms with van der Waals surface area (Å²) in [6.45, 7) is 8.80. The second kappa shape index (κ2) is 13.0. The number of nitrogens with zero attached hydrogens (tertiary/aromatic N) is 2. The van der Waals surface area contributed by atoms with Gasteiger partial charge in [0.1, 0.15) is 11.4 Å². The Balaban J connectivity index is 1.67. The van der Waals surface area contributed by atoms with E-state index in [2.05, 4.69) is 26.1 Å². The molecule has 1 N–H and O–H groups in total. The van der Waals surface area contributed by atoms with Crippen LogP contribution in [0.2, 0.25) is 5.02 Å². The van der Waals surface area contributed by atoms with Gasteiger partial charge in [-0.15, -0.1) is 0 Å². The van der Waals surface area contributed by atoms with Crippen molar-refractivity contribution in [1.29, 1.82) is 0 Å².